The average Bonchev–Trinajstić information content (AvgIpc) is 2.68. The van der Waals surface area contributed by atoms with Crippen molar-refractivity contribution in [2.24, 2.45) is 5.92 Å². The van der Waals surface area contributed by atoms with Crippen molar-refractivity contribution < 1.29 is 14.3 Å². The van der Waals surface area contributed by atoms with Gasteiger partial charge in [-0.2, -0.15) is 0 Å². The lowest BCUT2D eigenvalue weighted by Crippen LogP contribution is -2.34. The fraction of sp³-hybridized carbons (Fsp3) is 0.364. The lowest BCUT2D eigenvalue weighted by atomic mass is 9.95. The van der Waals surface area contributed by atoms with Crippen LogP contribution < -0.4 is 5.32 Å². The fourth-order valence-electron chi connectivity index (χ4n) is 3.22. The van der Waals surface area contributed by atoms with Crippen LogP contribution in [0.25, 0.3) is 0 Å². The summed E-state index contributed by atoms with van der Waals surface area (Å²) in [6, 6.07) is 12.6. The summed E-state index contributed by atoms with van der Waals surface area (Å²) in [6.45, 7) is 6.06. The van der Waals surface area contributed by atoms with Gasteiger partial charge in [-0.05, 0) is 55.9 Å². The summed E-state index contributed by atoms with van der Waals surface area (Å²) in [6.07, 6.45) is 2.09. The molecule has 1 amide bonds. The molecular formula is C22H25NO3. The van der Waals surface area contributed by atoms with Gasteiger partial charge in [0.25, 0.3) is 5.91 Å². The first-order valence-electron chi connectivity index (χ1n) is 9.13. The summed E-state index contributed by atoms with van der Waals surface area (Å²) < 4.78 is 5.46. The molecule has 1 atom stereocenters. The van der Waals surface area contributed by atoms with Crippen LogP contribution in [0, 0.1) is 19.8 Å². The third-order valence-corrected chi connectivity index (χ3v) is 4.99. The maximum atomic E-state index is 12.9. The number of carbonyl (C=O) groups is 2. The van der Waals surface area contributed by atoms with Crippen LogP contribution in [-0.2, 0) is 4.74 Å². The number of aryl methyl sites for hydroxylation is 2. The maximum Gasteiger partial charge on any atom is 0.252 e. The number of amides is 1. The Morgan fingerprint density at radius 2 is 1.85 bits per heavy atom. The van der Waals surface area contributed by atoms with Crippen LogP contribution in [0.2, 0.25) is 0 Å². The molecule has 1 aliphatic rings. The lowest BCUT2D eigenvalue weighted by Gasteiger charge is -2.22. The number of carbonyl (C=O) groups excluding carboxylic acids is 2. The molecule has 0 bridgehead atoms. The molecule has 1 heterocycles. The van der Waals surface area contributed by atoms with Gasteiger partial charge >= 0.3 is 0 Å². The maximum absolute atomic E-state index is 12.9. The summed E-state index contributed by atoms with van der Waals surface area (Å²) in [4.78, 5) is 25.6. The Hall–Kier alpha value is -2.46. The molecule has 4 nitrogen and oxygen atoms in total. The molecule has 3 rings (SSSR count). The predicted molar refractivity (Wildman–Crippen MR) is 102 cm³/mol. The molecule has 1 aliphatic heterocycles. The zero-order valence-corrected chi connectivity index (χ0v) is 15.4. The lowest BCUT2D eigenvalue weighted by molar-refractivity contribution is 0.0536. The van der Waals surface area contributed by atoms with Gasteiger partial charge < -0.3 is 10.1 Å². The fourth-order valence-corrected chi connectivity index (χ4v) is 3.22. The second-order valence-corrected chi connectivity index (χ2v) is 6.97. The Kier molecular flexibility index (Phi) is 5.84. The minimum atomic E-state index is -0.205. The third kappa shape index (κ3) is 4.20. The highest BCUT2D eigenvalue weighted by atomic mass is 16.5. The molecule has 0 unspecified atom stereocenters. The number of ether oxygens (including phenoxy) is 1. The molecule has 2 aromatic rings. The standard InChI is InChI=1S/C22H25NO3/c1-15-9-10-18(12-16(15)2)21(24)19-7-3-4-8-20(19)22(25)23-13-17-6-5-11-26-14-17/h3-4,7-10,12,17H,5-6,11,13-14H2,1-2H3,(H,23,25)/t17-/m0/s1. The molecule has 0 saturated carbocycles. The molecule has 1 saturated heterocycles. The molecule has 0 aromatic heterocycles. The van der Waals surface area contributed by atoms with E-state index in [0.717, 1.165) is 30.6 Å². The van der Waals surface area contributed by atoms with Crippen LogP contribution in [0.3, 0.4) is 0 Å². The highest BCUT2D eigenvalue weighted by molar-refractivity contribution is 6.15. The molecule has 1 fully saturated rings. The van der Waals surface area contributed by atoms with Crippen LogP contribution in [0.15, 0.2) is 42.5 Å². The van der Waals surface area contributed by atoms with Crippen molar-refractivity contribution in [3.63, 3.8) is 0 Å². The second kappa shape index (κ2) is 8.28. The normalized spacial score (nSPS) is 16.9. The highest BCUT2D eigenvalue weighted by Gasteiger charge is 2.20. The quantitative estimate of drug-likeness (QED) is 0.836. The van der Waals surface area contributed by atoms with E-state index >= 15 is 0 Å². The Morgan fingerprint density at radius 3 is 2.54 bits per heavy atom. The molecule has 136 valence electrons. The van der Waals surface area contributed by atoms with Crippen LogP contribution >= 0.6 is 0 Å². The van der Waals surface area contributed by atoms with Gasteiger partial charge in [0, 0.05) is 24.3 Å². The van der Waals surface area contributed by atoms with E-state index in [0.29, 0.717) is 35.8 Å². The van der Waals surface area contributed by atoms with Gasteiger partial charge in [0.15, 0.2) is 5.78 Å². The summed E-state index contributed by atoms with van der Waals surface area (Å²) in [5, 5.41) is 2.96. The zero-order chi connectivity index (χ0) is 18.5. The van der Waals surface area contributed by atoms with Crippen molar-refractivity contribution in [2.45, 2.75) is 26.7 Å². The van der Waals surface area contributed by atoms with Gasteiger partial charge in [-0.25, -0.2) is 0 Å². The molecule has 2 aromatic carbocycles. The topological polar surface area (TPSA) is 55.4 Å². The number of ketones is 1. The Balaban J connectivity index is 1.77. The smallest absolute Gasteiger partial charge is 0.252 e. The van der Waals surface area contributed by atoms with E-state index < -0.39 is 0 Å². The van der Waals surface area contributed by atoms with E-state index in [1.807, 2.05) is 32.0 Å². The van der Waals surface area contributed by atoms with Crippen molar-refractivity contribution in [3.8, 4) is 0 Å². The monoisotopic (exact) mass is 351 g/mol. The van der Waals surface area contributed by atoms with Crippen molar-refractivity contribution in [1.82, 2.24) is 5.32 Å². The minimum absolute atomic E-state index is 0.125. The van der Waals surface area contributed by atoms with Gasteiger partial charge in [-0.1, -0.05) is 30.3 Å². The van der Waals surface area contributed by atoms with Crippen LogP contribution in [-0.4, -0.2) is 31.4 Å². The molecular weight excluding hydrogens is 326 g/mol. The summed E-state index contributed by atoms with van der Waals surface area (Å²) in [5.41, 5.74) is 3.67. The first-order valence-corrected chi connectivity index (χ1v) is 9.13. The number of hydrogen-bond donors (Lipinski definition) is 1. The van der Waals surface area contributed by atoms with Crippen molar-refractivity contribution >= 4 is 11.7 Å². The molecule has 0 radical (unpaired) electrons. The van der Waals surface area contributed by atoms with Gasteiger partial charge in [-0.3, -0.25) is 9.59 Å². The molecule has 0 aliphatic carbocycles. The minimum Gasteiger partial charge on any atom is -0.381 e. The van der Waals surface area contributed by atoms with Gasteiger partial charge in [-0.15, -0.1) is 0 Å². The average molecular weight is 351 g/mol. The van der Waals surface area contributed by atoms with E-state index in [-0.39, 0.29) is 11.7 Å². The molecule has 0 spiro atoms. The number of hydrogen-bond acceptors (Lipinski definition) is 3. The van der Waals surface area contributed by atoms with E-state index in [1.54, 1.807) is 24.3 Å². The summed E-state index contributed by atoms with van der Waals surface area (Å²) >= 11 is 0. The summed E-state index contributed by atoms with van der Waals surface area (Å²) in [7, 11) is 0. The molecule has 26 heavy (non-hydrogen) atoms. The SMILES string of the molecule is Cc1ccc(C(=O)c2ccccc2C(=O)NC[C@@H]2CCCOC2)cc1C. The second-order valence-electron chi connectivity index (χ2n) is 6.97. The summed E-state index contributed by atoms with van der Waals surface area (Å²) in [5.74, 6) is 0.0125. The Bertz CT molecular complexity index is 807. The zero-order valence-electron chi connectivity index (χ0n) is 15.4. The molecule has 1 N–H and O–H groups in total. The predicted octanol–water partition coefficient (Wildman–Crippen LogP) is 3.69. The van der Waals surface area contributed by atoms with Gasteiger partial charge in [0.2, 0.25) is 0 Å². The van der Waals surface area contributed by atoms with Crippen LogP contribution in [0.4, 0.5) is 0 Å². The van der Waals surface area contributed by atoms with E-state index in [4.69, 9.17) is 4.74 Å². The molecule has 4 heteroatoms. The Morgan fingerprint density at radius 1 is 1.08 bits per heavy atom. The number of benzene rings is 2. The third-order valence-electron chi connectivity index (χ3n) is 4.99. The van der Waals surface area contributed by atoms with E-state index in [9.17, 15) is 9.59 Å². The van der Waals surface area contributed by atoms with Crippen molar-refractivity contribution in [3.05, 3.63) is 70.3 Å². The first-order chi connectivity index (χ1) is 12.6. The van der Waals surface area contributed by atoms with Gasteiger partial charge in [0.1, 0.15) is 0 Å². The van der Waals surface area contributed by atoms with E-state index in [1.165, 1.54) is 0 Å². The highest BCUT2D eigenvalue weighted by Crippen LogP contribution is 2.18. The van der Waals surface area contributed by atoms with Gasteiger partial charge in [0.05, 0.1) is 12.2 Å². The van der Waals surface area contributed by atoms with E-state index in [2.05, 4.69) is 5.32 Å². The van der Waals surface area contributed by atoms with Crippen molar-refractivity contribution in [1.29, 1.82) is 0 Å². The Labute approximate surface area is 154 Å². The largest absolute Gasteiger partial charge is 0.381 e. The van der Waals surface area contributed by atoms with Crippen LogP contribution in [0.5, 0.6) is 0 Å². The number of nitrogens with one attached hydrogen (secondary N) is 1. The van der Waals surface area contributed by atoms with Crippen LogP contribution in [0.1, 0.15) is 50.2 Å². The first kappa shape index (κ1) is 18.3. The van der Waals surface area contributed by atoms with Crippen molar-refractivity contribution in [2.75, 3.05) is 19.8 Å². The number of rotatable bonds is 5.